The fourth-order valence-corrected chi connectivity index (χ4v) is 2.88. The van der Waals surface area contributed by atoms with Crippen LogP contribution in [0.2, 0.25) is 0 Å². The number of nitrogens with zero attached hydrogens (tertiary/aromatic N) is 1. The highest BCUT2D eigenvalue weighted by molar-refractivity contribution is 5.32. The smallest absolute Gasteiger partial charge is 0.299 e. The van der Waals surface area contributed by atoms with Crippen molar-refractivity contribution in [2.24, 2.45) is 5.92 Å². The second-order valence-electron chi connectivity index (χ2n) is 5.91. The van der Waals surface area contributed by atoms with Gasteiger partial charge in [-0.05, 0) is 48.6 Å². The molecule has 0 aromatic heterocycles. The highest BCUT2D eigenvalue weighted by atomic mass is 19.4. The molecule has 4 heteroatoms. The number of rotatable bonds is 4. The van der Waals surface area contributed by atoms with Gasteiger partial charge in [-0.3, -0.25) is 4.90 Å². The van der Waals surface area contributed by atoms with Gasteiger partial charge in [0.25, 0.3) is 0 Å². The molecule has 0 bridgehead atoms. The molecule has 1 aliphatic heterocycles. The van der Waals surface area contributed by atoms with E-state index in [2.05, 4.69) is 11.8 Å². The monoisotopic (exact) mass is 285 g/mol. The first-order valence-electron chi connectivity index (χ1n) is 7.31. The fourth-order valence-electron chi connectivity index (χ4n) is 2.88. The third-order valence-electron chi connectivity index (χ3n) is 3.83. The van der Waals surface area contributed by atoms with Gasteiger partial charge < -0.3 is 0 Å². The van der Waals surface area contributed by atoms with Gasteiger partial charge in [-0.2, -0.15) is 13.2 Å². The van der Waals surface area contributed by atoms with E-state index in [1.807, 2.05) is 13.0 Å². The van der Waals surface area contributed by atoms with Crippen molar-refractivity contribution >= 4 is 0 Å². The number of hydrogen-bond acceptors (Lipinski definition) is 1. The van der Waals surface area contributed by atoms with Crippen molar-refractivity contribution < 1.29 is 13.2 Å². The molecule has 1 fully saturated rings. The maximum Gasteiger partial charge on any atom is 0.416 e. The molecule has 1 saturated heterocycles. The molecule has 112 valence electrons. The summed E-state index contributed by atoms with van der Waals surface area (Å²) in [4.78, 5) is 2.25. The van der Waals surface area contributed by atoms with Crippen molar-refractivity contribution in [2.75, 3.05) is 13.1 Å². The van der Waals surface area contributed by atoms with Crippen LogP contribution in [0.4, 0.5) is 13.2 Å². The summed E-state index contributed by atoms with van der Waals surface area (Å²) in [5.74, 6) is 0.649. The van der Waals surface area contributed by atoms with E-state index in [9.17, 15) is 13.2 Å². The third kappa shape index (κ3) is 3.98. The van der Waals surface area contributed by atoms with E-state index in [0.717, 1.165) is 37.1 Å². The molecule has 2 rings (SSSR count). The Kier molecular flexibility index (Phi) is 4.74. The summed E-state index contributed by atoms with van der Waals surface area (Å²) in [7, 11) is 0. The van der Waals surface area contributed by atoms with Crippen LogP contribution in [-0.2, 0) is 19.1 Å². The van der Waals surface area contributed by atoms with Crippen molar-refractivity contribution in [1.82, 2.24) is 4.90 Å². The normalized spacial score (nSPS) is 20.6. The van der Waals surface area contributed by atoms with Gasteiger partial charge in [-0.1, -0.05) is 26.3 Å². The van der Waals surface area contributed by atoms with E-state index < -0.39 is 11.7 Å². The first kappa shape index (κ1) is 15.4. The Morgan fingerprint density at radius 2 is 1.90 bits per heavy atom. The highest BCUT2D eigenvalue weighted by Gasteiger charge is 2.31. The molecule has 1 nitrogen and oxygen atoms in total. The van der Waals surface area contributed by atoms with E-state index in [1.165, 1.54) is 12.1 Å². The second-order valence-corrected chi connectivity index (χ2v) is 5.91. The van der Waals surface area contributed by atoms with Crippen LogP contribution < -0.4 is 0 Å². The molecule has 0 N–H and O–H groups in total. The second kappa shape index (κ2) is 6.17. The topological polar surface area (TPSA) is 3.24 Å². The molecule has 0 spiro atoms. The highest BCUT2D eigenvalue weighted by Crippen LogP contribution is 2.31. The maximum atomic E-state index is 13.0. The predicted molar refractivity (Wildman–Crippen MR) is 74.5 cm³/mol. The molecule has 1 aliphatic rings. The van der Waals surface area contributed by atoms with Crippen LogP contribution in [0.5, 0.6) is 0 Å². The Labute approximate surface area is 118 Å². The molecule has 0 saturated carbocycles. The largest absolute Gasteiger partial charge is 0.416 e. The minimum absolute atomic E-state index is 0.509. The molecule has 1 aromatic carbocycles. The third-order valence-corrected chi connectivity index (χ3v) is 3.83. The van der Waals surface area contributed by atoms with Crippen molar-refractivity contribution in [3.05, 3.63) is 34.9 Å². The zero-order valence-electron chi connectivity index (χ0n) is 12.1. The lowest BCUT2D eigenvalue weighted by Gasteiger charge is -2.18. The van der Waals surface area contributed by atoms with Crippen LogP contribution in [0.3, 0.4) is 0 Å². The van der Waals surface area contributed by atoms with E-state index in [4.69, 9.17) is 0 Å². The van der Waals surface area contributed by atoms with Crippen molar-refractivity contribution in [3.8, 4) is 0 Å². The SMILES string of the molecule is CCCc1cc(CN2CC[C@@H](C)C2)cc(C(F)(F)F)c1. The number of halogens is 3. The van der Waals surface area contributed by atoms with E-state index in [1.54, 1.807) is 0 Å². The lowest BCUT2D eigenvalue weighted by molar-refractivity contribution is -0.137. The van der Waals surface area contributed by atoms with Gasteiger partial charge in [0.2, 0.25) is 0 Å². The Morgan fingerprint density at radius 1 is 1.20 bits per heavy atom. The summed E-state index contributed by atoms with van der Waals surface area (Å²) >= 11 is 0. The Hall–Kier alpha value is -1.03. The summed E-state index contributed by atoms with van der Waals surface area (Å²) in [5, 5.41) is 0. The molecule has 0 radical (unpaired) electrons. The zero-order valence-corrected chi connectivity index (χ0v) is 12.1. The average Bonchev–Trinajstić information content (AvgIpc) is 2.74. The minimum Gasteiger partial charge on any atom is -0.299 e. The molecule has 1 aromatic rings. The molecule has 0 unspecified atom stereocenters. The molecule has 0 aliphatic carbocycles. The molecular formula is C16H22F3N. The molecule has 1 heterocycles. The minimum atomic E-state index is -4.25. The fraction of sp³-hybridized carbons (Fsp3) is 0.625. The van der Waals surface area contributed by atoms with Gasteiger partial charge in [0.05, 0.1) is 5.56 Å². The standard InChI is InChI=1S/C16H22F3N/c1-3-4-13-7-14(9-15(8-13)16(17,18)19)11-20-6-5-12(2)10-20/h7-9,12H,3-6,10-11H2,1-2H3/t12-/m1/s1. The van der Waals surface area contributed by atoms with Gasteiger partial charge in [0, 0.05) is 13.1 Å². The Balaban J connectivity index is 2.20. The van der Waals surface area contributed by atoms with E-state index >= 15 is 0 Å². The summed E-state index contributed by atoms with van der Waals surface area (Å²) in [6.07, 6.45) is -1.55. The van der Waals surface area contributed by atoms with Crippen molar-refractivity contribution in [2.45, 2.75) is 45.8 Å². The van der Waals surface area contributed by atoms with Gasteiger partial charge in [-0.25, -0.2) is 0 Å². The van der Waals surface area contributed by atoms with Crippen LogP contribution in [0.15, 0.2) is 18.2 Å². The molecule has 20 heavy (non-hydrogen) atoms. The van der Waals surface area contributed by atoms with Crippen LogP contribution in [0, 0.1) is 5.92 Å². The molecule has 1 atom stereocenters. The summed E-state index contributed by atoms with van der Waals surface area (Å²) in [6.45, 7) is 6.78. The summed E-state index contributed by atoms with van der Waals surface area (Å²) in [6, 6.07) is 4.53. The van der Waals surface area contributed by atoms with E-state index in [0.29, 0.717) is 18.9 Å². The predicted octanol–water partition coefficient (Wildman–Crippen LogP) is 4.50. The van der Waals surface area contributed by atoms with Gasteiger partial charge in [0.15, 0.2) is 0 Å². The van der Waals surface area contributed by atoms with Crippen LogP contribution in [0.1, 0.15) is 43.4 Å². The summed E-state index contributed by atoms with van der Waals surface area (Å²) in [5.41, 5.74) is 1.08. The van der Waals surface area contributed by atoms with Crippen LogP contribution >= 0.6 is 0 Å². The quantitative estimate of drug-likeness (QED) is 0.787. The molecular weight excluding hydrogens is 263 g/mol. The number of hydrogen-bond donors (Lipinski definition) is 0. The summed E-state index contributed by atoms with van der Waals surface area (Å²) < 4.78 is 38.9. The lowest BCUT2D eigenvalue weighted by atomic mass is 10.0. The number of aryl methyl sites for hydroxylation is 1. The van der Waals surface area contributed by atoms with Crippen molar-refractivity contribution in [3.63, 3.8) is 0 Å². The van der Waals surface area contributed by atoms with Crippen molar-refractivity contribution in [1.29, 1.82) is 0 Å². The molecule has 0 amide bonds. The van der Waals surface area contributed by atoms with Gasteiger partial charge >= 0.3 is 6.18 Å². The first-order valence-corrected chi connectivity index (χ1v) is 7.31. The van der Waals surface area contributed by atoms with Crippen LogP contribution in [0.25, 0.3) is 0 Å². The Morgan fingerprint density at radius 3 is 2.45 bits per heavy atom. The number of alkyl halides is 3. The number of likely N-dealkylation sites (tertiary alicyclic amines) is 1. The van der Waals surface area contributed by atoms with Crippen LogP contribution in [-0.4, -0.2) is 18.0 Å². The maximum absolute atomic E-state index is 13.0. The van der Waals surface area contributed by atoms with E-state index in [-0.39, 0.29) is 0 Å². The number of benzene rings is 1. The zero-order chi connectivity index (χ0) is 14.8. The Bertz CT molecular complexity index is 454. The lowest BCUT2D eigenvalue weighted by Crippen LogP contribution is -2.20. The first-order chi connectivity index (χ1) is 9.38. The van der Waals surface area contributed by atoms with Gasteiger partial charge in [-0.15, -0.1) is 0 Å². The van der Waals surface area contributed by atoms with Gasteiger partial charge in [0.1, 0.15) is 0 Å². The average molecular weight is 285 g/mol.